The number of benzene rings is 1. The lowest BCUT2D eigenvalue weighted by Crippen LogP contribution is -2.51. The van der Waals surface area contributed by atoms with Crippen molar-refractivity contribution in [3.63, 3.8) is 0 Å². The van der Waals surface area contributed by atoms with Crippen LogP contribution in [0, 0.1) is 11.8 Å². The van der Waals surface area contributed by atoms with Gasteiger partial charge in [-0.1, -0.05) is 30.7 Å². The summed E-state index contributed by atoms with van der Waals surface area (Å²) in [6, 6.07) is 7.24. The minimum Gasteiger partial charge on any atom is -0.481 e. The lowest BCUT2D eigenvalue weighted by molar-refractivity contribution is -0.147. The van der Waals surface area contributed by atoms with Crippen molar-refractivity contribution >= 4 is 23.5 Å². The molecule has 6 nitrogen and oxygen atoms in total. The van der Waals surface area contributed by atoms with Gasteiger partial charge in [0.15, 0.2) is 0 Å². The highest BCUT2D eigenvalue weighted by atomic mass is 35.5. The third-order valence-electron chi connectivity index (χ3n) is 4.79. The number of nitrogens with zero attached hydrogens (tertiary/aromatic N) is 1. The molecule has 4 unspecified atom stereocenters. The van der Waals surface area contributed by atoms with Gasteiger partial charge >= 0.3 is 5.97 Å². The summed E-state index contributed by atoms with van der Waals surface area (Å²) in [5.74, 6) is -1.13. The molecular formula is C17H22ClN3O3. The maximum Gasteiger partial charge on any atom is 0.308 e. The van der Waals surface area contributed by atoms with Crippen molar-refractivity contribution in [3.8, 4) is 0 Å². The van der Waals surface area contributed by atoms with Gasteiger partial charge in [-0.15, -0.1) is 0 Å². The van der Waals surface area contributed by atoms with Crippen LogP contribution >= 0.6 is 11.6 Å². The van der Waals surface area contributed by atoms with Crippen molar-refractivity contribution in [2.75, 3.05) is 13.1 Å². The molecule has 7 heteroatoms. The molecule has 1 aromatic carbocycles. The van der Waals surface area contributed by atoms with Gasteiger partial charge in [-0.2, -0.15) is 0 Å². The summed E-state index contributed by atoms with van der Waals surface area (Å²) in [6.45, 7) is 2.90. The number of halogens is 1. The molecular weight excluding hydrogens is 330 g/mol. The van der Waals surface area contributed by atoms with Crippen LogP contribution in [0.15, 0.2) is 24.3 Å². The highest BCUT2D eigenvalue weighted by Gasteiger charge is 2.37. The van der Waals surface area contributed by atoms with E-state index >= 15 is 0 Å². The normalized spacial score (nSPS) is 30.3. The minimum absolute atomic E-state index is 0.0308. The Kier molecular flexibility index (Phi) is 5.08. The molecule has 3 rings (SSSR count). The number of piperidine rings is 1. The van der Waals surface area contributed by atoms with Crippen LogP contribution in [-0.2, 0) is 9.59 Å². The first-order valence-electron chi connectivity index (χ1n) is 8.22. The number of hydrazine groups is 1. The number of aliphatic carboxylic acids is 1. The Bertz CT molecular complexity index is 622. The number of rotatable bonds is 3. The van der Waals surface area contributed by atoms with Crippen molar-refractivity contribution in [3.05, 3.63) is 34.9 Å². The predicted molar refractivity (Wildman–Crippen MR) is 90.4 cm³/mol. The second kappa shape index (κ2) is 7.09. The first kappa shape index (κ1) is 17.2. The van der Waals surface area contributed by atoms with Crippen molar-refractivity contribution in [1.29, 1.82) is 0 Å². The quantitative estimate of drug-likeness (QED) is 0.774. The second-order valence-corrected chi connectivity index (χ2v) is 7.24. The van der Waals surface area contributed by atoms with E-state index in [1.807, 2.05) is 31.2 Å². The third-order valence-corrected chi connectivity index (χ3v) is 5.05. The van der Waals surface area contributed by atoms with E-state index in [4.69, 9.17) is 11.6 Å². The number of carbonyl (C=O) groups is 2. The number of carboxylic acids is 1. The minimum atomic E-state index is -0.823. The monoisotopic (exact) mass is 351 g/mol. The van der Waals surface area contributed by atoms with Gasteiger partial charge in [-0.3, -0.25) is 9.59 Å². The fourth-order valence-electron chi connectivity index (χ4n) is 3.56. The second-order valence-electron chi connectivity index (χ2n) is 6.80. The molecule has 24 heavy (non-hydrogen) atoms. The SMILES string of the molecule is CC1CC(C(=O)O)CN(C(=O)C2CC(c3ccc(Cl)cc3)NN2)C1. The molecule has 0 bridgehead atoms. The van der Waals surface area contributed by atoms with Crippen LogP contribution < -0.4 is 10.9 Å². The molecule has 2 aliphatic heterocycles. The number of carboxylic acid groups (broad SMARTS) is 1. The van der Waals surface area contributed by atoms with Crippen LogP contribution in [0.3, 0.4) is 0 Å². The smallest absolute Gasteiger partial charge is 0.308 e. The molecule has 3 N–H and O–H groups in total. The maximum absolute atomic E-state index is 12.8. The number of carbonyl (C=O) groups excluding carboxylic acids is 1. The van der Waals surface area contributed by atoms with E-state index in [0.717, 1.165) is 5.56 Å². The van der Waals surface area contributed by atoms with Crippen LogP contribution in [0.25, 0.3) is 0 Å². The first-order chi connectivity index (χ1) is 11.4. The average Bonchev–Trinajstić information content (AvgIpc) is 3.04. The molecule has 1 aromatic rings. The molecule has 0 aromatic heterocycles. The molecule has 130 valence electrons. The summed E-state index contributed by atoms with van der Waals surface area (Å²) < 4.78 is 0. The first-order valence-corrected chi connectivity index (χ1v) is 8.60. The van der Waals surface area contributed by atoms with E-state index in [9.17, 15) is 14.7 Å². The molecule has 0 spiro atoms. The lowest BCUT2D eigenvalue weighted by atomic mass is 9.90. The van der Waals surface area contributed by atoms with E-state index in [1.54, 1.807) is 4.90 Å². The van der Waals surface area contributed by atoms with Crippen molar-refractivity contribution in [2.45, 2.75) is 31.8 Å². The number of hydrogen-bond donors (Lipinski definition) is 3. The summed E-state index contributed by atoms with van der Waals surface area (Å²) in [5, 5.41) is 9.94. The largest absolute Gasteiger partial charge is 0.481 e. The van der Waals surface area contributed by atoms with Crippen LogP contribution in [0.1, 0.15) is 31.4 Å². The molecule has 2 heterocycles. The zero-order chi connectivity index (χ0) is 17.3. The Morgan fingerprint density at radius 2 is 1.88 bits per heavy atom. The molecule has 0 aliphatic carbocycles. The summed E-state index contributed by atoms with van der Waals surface area (Å²) in [5.41, 5.74) is 7.27. The predicted octanol–water partition coefficient (Wildman–Crippen LogP) is 1.82. The summed E-state index contributed by atoms with van der Waals surface area (Å²) in [4.78, 5) is 25.7. The number of amides is 1. The van der Waals surface area contributed by atoms with Crippen LogP contribution in [0.2, 0.25) is 5.02 Å². The zero-order valence-electron chi connectivity index (χ0n) is 13.5. The lowest BCUT2D eigenvalue weighted by Gasteiger charge is -2.36. The molecule has 2 aliphatic rings. The fraction of sp³-hybridized carbons (Fsp3) is 0.529. The van der Waals surface area contributed by atoms with Crippen molar-refractivity contribution in [2.24, 2.45) is 11.8 Å². The molecule has 0 radical (unpaired) electrons. The molecule has 2 fully saturated rings. The Hall–Kier alpha value is -1.63. The highest BCUT2D eigenvalue weighted by molar-refractivity contribution is 6.30. The highest BCUT2D eigenvalue weighted by Crippen LogP contribution is 2.27. The van der Waals surface area contributed by atoms with Gasteiger partial charge in [-0.05, 0) is 36.5 Å². The summed E-state index contributed by atoms with van der Waals surface area (Å²) in [7, 11) is 0. The molecule has 2 saturated heterocycles. The van der Waals surface area contributed by atoms with E-state index < -0.39 is 11.9 Å². The van der Waals surface area contributed by atoms with E-state index in [2.05, 4.69) is 10.9 Å². The average molecular weight is 352 g/mol. The van der Waals surface area contributed by atoms with E-state index in [1.165, 1.54) is 0 Å². The zero-order valence-corrected chi connectivity index (χ0v) is 14.3. The van der Waals surface area contributed by atoms with Crippen LogP contribution in [-0.4, -0.2) is 41.0 Å². The van der Waals surface area contributed by atoms with Crippen molar-refractivity contribution in [1.82, 2.24) is 15.8 Å². The Morgan fingerprint density at radius 3 is 2.54 bits per heavy atom. The van der Waals surface area contributed by atoms with Gasteiger partial charge in [0.05, 0.1) is 5.92 Å². The van der Waals surface area contributed by atoms with Gasteiger partial charge in [0.1, 0.15) is 6.04 Å². The number of nitrogens with one attached hydrogen (secondary N) is 2. The Balaban J connectivity index is 1.63. The third kappa shape index (κ3) is 3.71. The van der Waals surface area contributed by atoms with Gasteiger partial charge < -0.3 is 10.0 Å². The van der Waals surface area contributed by atoms with Gasteiger partial charge in [-0.25, -0.2) is 10.9 Å². The molecule has 0 saturated carbocycles. The molecule has 1 amide bonds. The number of hydrogen-bond acceptors (Lipinski definition) is 4. The van der Waals surface area contributed by atoms with Crippen LogP contribution in [0.4, 0.5) is 0 Å². The van der Waals surface area contributed by atoms with Gasteiger partial charge in [0, 0.05) is 24.2 Å². The van der Waals surface area contributed by atoms with Crippen LogP contribution in [0.5, 0.6) is 0 Å². The van der Waals surface area contributed by atoms with Gasteiger partial charge in [0.25, 0.3) is 0 Å². The Labute approximate surface area is 146 Å². The standard InChI is InChI=1S/C17H22ClN3O3/c1-10-6-12(17(23)24)9-21(8-10)16(22)15-7-14(19-20-15)11-2-4-13(18)5-3-11/h2-5,10,12,14-15,19-20H,6-9H2,1H3,(H,23,24). The fourth-order valence-corrected chi connectivity index (χ4v) is 3.69. The Morgan fingerprint density at radius 1 is 1.17 bits per heavy atom. The van der Waals surface area contributed by atoms with E-state index in [0.29, 0.717) is 31.0 Å². The summed E-state index contributed by atoms with van der Waals surface area (Å²) in [6.07, 6.45) is 1.26. The molecule has 4 atom stereocenters. The van der Waals surface area contributed by atoms with Gasteiger partial charge in [0.2, 0.25) is 5.91 Å². The number of likely N-dealkylation sites (tertiary alicyclic amines) is 1. The summed E-state index contributed by atoms with van der Waals surface area (Å²) >= 11 is 5.91. The van der Waals surface area contributed by atoms with Crippen molar-refractivity contribution < 1.29 is 14.7 Å². The maximum atomic E-state index is 12.8. The van der Waals surface area contributed by atoms with E-state index in [-0.39, 0.29) is 23.9 Å². The topological polar surface area (TPSA) is 81.7 Å².